The fraction of sp³-hybridized carbons (Fsp3) is 0.500. The maximum Gasteiger partial charge on any atom is 0.165 e. The van der Waals surface area contributed by atoms with Gasteiger partial charge in [0.2, 0.25) is 0 Å². The number of hydrogen-bond acceptors (Lipinski definition) is 2. The van der Waals surface area contributed by atoms with Gasteiger partial charge in [-0.2, -0.15) is 0 Å². The van der Waals surface area contributed by atoms with Gasteiger partial charge in [-0.3, -0.25) is 0 Å². The summed E-state index contributed by atoms with van der Waals surface area (Å²) in [6, 6.07) is 4.98. The SMILES string of the molecule is CCCC(C)NCc1cccc(F)c1O. The lowest BCUT2D eigenvalue weighted by Crippen LogP contribution is -2.25. The van der Waals surface area contributed by atoms with Crippen LogP contribution in [0.1, 0.15) is 32.3 Å². The number of para-hydroxylation sites is 1. The fourth-order valence-electron chi connectivity index (χ4n) is 1.52. The summed E-state index contributed by atoms with van der Waals surface area (Å²) in [6.45, 7) is 4.71. The second kappa shape index (κ2) is 5.71. The molecule has 1 atom stereocenters. The minimum atomic E-state index is -0.558. The summed E-state index contributed by atoms with van der Waals surface area (Å²) in [7, 11) is 0. The number of nitrogens with one attached hydrogen (secondary N) is 1. The Morgan fingerprint density at radius 2 is 2.20 bits per heavy atom. The van der Waals surface area contributed by atoms with Crippen molar-refractivity contribution in [2.75, 3.05) is 0 Å². The molecule has 2 nitrogen and oxygen atoms in total. The average molecular weight is 211 g/mol. The number of hydrogen-bond donors (Lipinski definition) is 2. The van der Waals surface area contributed by atoms with E-state index in [1.54, 1.807) is 12.1 Å². The molecule has 3 heteroatoms. The summed E-state index contributed by atoms with van der Waals surface area (Å²) in [5.41, 5.74) is 0.609. The molecule has 1 aromatic rings. The molecule has 84 valence electrons. The predicted molar refractivity (Wildman–Crippen MR) is 59.3 cm³/mol. The Labute approximate surface area is 90.1 Å². The Kier molecular flexibility index (Phi) is 4.56. The number of rotatable bonds is 5. The monoisotopic (exact) mass is 211 g/mol. The first-order valence-electron chi connectivity index (χ1n) is 5.35. The molecular weight excluding hydrogens is 193 g/mol. The highest BCUT2D eigenvalue weighted by Gasteiger charge is 2.07. The van der Waals surface area contributed by atoms with Crippen LogP contribution in [0.25, 0.3) is 0 Å². The molecule has 1 aromatic carbocycles. The van der Waals surface area contributed by atoms with E-state index in [-0.39, 0.29) is 5.75 Å². The smallest absolute Gasteiger partial charge is 0.165 e. The molecule has 0 heterocycles. The summed E-state index contributed by atoms with van der Waals surface area (Å²) in [5.74, 6) is -0.800. The molecule has 1 rings (SSSR count). The van der Waals surface area contributed by atoms with Gasteiger partial charge in [0, 0.05) is 18.2 Å². The second-order valence-corrected chi connectivity index (χ2v) is 3.82. The topological polar surface area (TPSA) is 32.3 Å². The van der Waals surface area contributed by atoms with E-state index < -0.39 is 5.82 Å². The zero-order chi connectivity index (χ0) is 11.3. The van der Waals surface area contributed by atoms with E-state index in [0.717, 1.165) is 12.8 Å². The molecule has 0 aliphatic rings. The summed E-state index contributed by atoms with van der Waals surface area (Å²) in [5, 5.41) is 12.7. The Bertz CT molecular complexity index is 314. The van der Waals surface area contributed by atoms with Crippen molar-refractivity contribution < 1.29 is 9.50 Å². The van der Waals surface area contributed by atoms with Crippen molar-refractivity contribution in [1.82, 2.24) is 5.32 Å². The number of aromatic hydroxyl groups is 1. The van der Waals surface area contributed by atoms with Gasteiger partial charge < -0.3 is 10.4 Å². The fourth-order valence-corrected chi connectivity index (χ4v) is 1.52. The molecule has 0 amide bonds. The van der Waals surface area contributed by atoms with E-state index in [9.17, 15) is 9.50 Å². The Balaban J connectivity index is 2.54. The summed E-state index contributed by atoms with van der Waals surface area (Å²) in [4.78, 5) is 0. The maximum atomic E-state index is 13.0. The van der Waals surface area contributed by atoms with Gasteiger partial charge in [-0.05, 0) is 19.4 Å². The van der Waals surface area contributed by atoms with Gasteiger partial charge in [0.05, 0.1) is 0 Å². The molecule has 2 N–H and O–H groups in total. The number of phenolic OH excluding ortho intramolecular Hbond substituents is 1. The van der Waals surface area contributed by atoms with Crippen molar-refractivity contribution in [2.45, 2.75) is 39.3 Å². The molecule has 0 aromatic heterocycles. The van der Waals surface area contributed by atoms with Crippen LogP contribution < -0.4 is 5.32 Å². The largest absolute Gasteiger partial charge is 0.505 e. The maximum absolute atomic E-state index is 13.0. The van der Waals surface area contributed by atoms with Crippen LogP contribution in [-0.2, 0) is 6.54 Å². The molecule has 0 saturated carbocycles. The minimum Gasteiger partial charge on any atom is -0.505 e. The predicted octanol–water partition coefficient (Wildman–Crippen LogP) is 2.81. The molecule has 1 unspecified atom stereocenters. The van der Waals surface area contributed by atoms with Crippen molar-refractivity contribution in [2.24, 2.45) is 0 Å². The first kappa shape index (κ1) is 12.0. The van der Waals surface area contributed by atoms with Crippen molar-refractivity contribution in [1.29, 1.82) is 0 Å². The molecule has 0 radical (unpaired) electrons. The van der Waals surface area contributed by atoms with Crippen LogP contribution in [0.3, 0.4) is 0 Å². The Morgan fingerprint density at radius 3 is 2.87 bits per heavy atom. The summed E-state index contributed by atoms with van der Waals surface area (Å²) < 4.78 is 13.0. The Morgan fingerprint density at radius 1 is 1.47 bits per heavy atom. The van der Waals surface area contributed by atoms with Crippen molar-refractivity contribution in [3.05, 3.63) is 29.6 Å². The third-order valence-electron chi connectivity index (χ3n) is 2.43. The van der Waals surface area contributed by atoms with Crippen molar-refractivity contribution in [3.8, 4) is 5.75 Å². The number of halogens is 1. The van der Waals surface area contributed by atoms with Crippen LogP contribution >= 0.6 is 0 Å². The lowest BCUT2D eigenvalue weighted by atomic mass is 10.1. The third kappa shape index (κ3) is 3.51. The van der Waals surface area contributed by atoms with Crippen LogP contribution in [0.4, 0.5) is 4.39 Å². The van der Waals surface area contributed by atoms with Gasteiger partial charge in [0.25, 0.3) is 0 Å². The van der Waals surface area contributed by atoms with E-state index in [0.29, 0.717) is 18.2 Å². The molecule has 0 spiro atoms. The molecule has 0 bridgehead atoms. The van der Waals surface area contributed by atoms with E-state index in [1.165, 1.54) is 6.07 Å². The van der Waals surface area contributed by atoms with Gasteiger partial charge in [0.15, 0.2) is 11.6 Å². The average Bonchev–Trinajstić information content (AvgIpc) is 2.21. The van der Waals surface area contributed by atoms with Crippen LogP contribution in [0.5, 0.6) is 5.75 Å². The standard InChI is InChI=1S/C12H18FNO/c1-3-5-9(2)14-8-10-6-4-7-11(13)12(10)15/h4,6-7,9,14-15H,3,5,8H2,1-2H3. The van der Waals surface area contributed by atoms with Crippen LogP contribution in [0, 0.1) is 5.82 Å². The molecular formula is C12H18FNO. The lowest BCUT2D eigenvalue weighted by Gasteiger charge is -2.13. The van der Waals surface area contributed by atoms with Gasteiger partial charge in [0.1, 0.15) is 0 Å². The van der Waals surface area contributed by atoms with E-state index in [4.69, 9.17) is 0 Å². The third-order valence-corrected chi connectivity index (χ3v) is 2.43. The van der Waals surface area contributed by atoms with E-state index in [1.807, 2.05) is 0 Å². The molecule has 0 fully saturated rings. The van der Waals surface area contributed by atoms with Gasteiger partial charge in [-0.1, -0.05) is 25.5 Å². The highest BCUT2D eigenvalue weighted by Crippen LogP contribution is 2.20. The molecule has 0 aliphatic heterocycles. The van der Waals surface area contributed by atoms with E-state index in [2.05, 4.69) is 19.2 Å². The van der Waals surface area contributed by atoms with E-state index >= 15 is 0 Å². The highest BCUT2D eigenvalue weighted by molar-refractivity contribution is 5.33. The zero-order valence-electron chi connectivity index (χ0n) is 9.26. The van der Waals surface area contributed by atoms with Crippen LogP contribution in [0.2, 0.25) is 0 Å². The zero-order valence-corrected chi connectivity index (χ0v) is 9.26. The molecule has 15 heavy (non-hydrogen) atoms. The quantitative estimate of drug-likeness (QED) is 0.785. The van der Waals surface area contributed by atoms with Crippen molar-refractivity contribution >= 4 is 0 Å². The lowest BCUT2D eigenvalue weighted by molar-refractivity contribution is 0.418. The van der Waals surface area contributed by atoms with Crippen LogP contribution in [0.15, 0.2) is 18.2 Å². The second-order valence-electron chi connectivity index (χ2n) is 3.82. The molecule has 0 saturated heterocycles. The molecule has 0 aliphatic carbocycles. The first-order chi connectivity index (χ1) is 7.15. The first-order valence-corrected chi connectivity index (χ1v) is 5.35. The number of phenols is 1. The normalized spacial score (nSPS) is 12.7. The number of benzene rings is 1. The highest BCUT2D eigenvalue weighted by atomic mass is 19.1. The minimum absolute atomic E-state index is 0.242. The van der Waals surface area contributed by atoms with Gasteiger partial charge in [-0.25, -0.2) is 4.39 Å². The van der Waals surface area contributed by atoms with Crippen LogP contribution in [-0.4, -0.2) is 11.1 Å². The summed E-state index contributed by atoms with van der Waals surface area (Å²) >= 11 is 0. The summed E-state index contributed by atoms with van der Waals surface area (Å²) in [6.07, 6.45) is 2.19. The Hall–Kier alpha value is -1.09. The van der Waals surface area contributed by atoms with Gasteiger partial charge in [-0.15, -0.1) is 0 Å². The van der Waals surface area contributed by atoms with Gasteiger partial charge >= 0.3 is 0 Å². The van der Waals surface area contributed by atoms with Crippen molar-refractivity contribution in [3.63, 3.8) is 0 Å².